The molecule has 19 heavy (non-hydrogen) atoms. The lowest BCUT2D eigenvalue weighted by Crippen LogP contribution is -2.09. The molecule has 0 fully saturated rings. The third-order valence-corrected chi connectivity index (χ3v) is 3.11. The molecule has 0 radical (unpaired) electrons. The van der Waals surface area contributed by atoms with Gasteiger partial charge in [-0.2, -0.15) is 0 Å². The minimum atomic E-state index is 0.679. The van der Waals surface area contributed by atoms with Crippen LogP contribution in [0.3, 0.4) is 0 Å². The Bertz CT molecular complexity index is 702. The van der Waals surface area contributed by atoms with Gasteiger partial charge in [0, 0.05) is 11.8 Å². The van der Waals surface area contributed by atoms with Gasteiger partial charge in [0.25, 0.3) is 0 Å². The maximum absolute atomic E-state index is 4.61. The van der Waals surface area contributed by atoms with Gasteiger partial charge in [0.2, 0.25) is 0 Å². The average Bonchev–Trinajstić information content (AvgIpc) is 2.47. The predicted octanol–water partition coefficient (Wildman–Crippen LogP) is 3.02. The first-order valence-corrected chi connectivity index (χ1v) is 6.33. The third kappa shape index (κ3) is 2.33. The van der Waals surface area contributed by atoms with Crippen LogP contribution < -0.4 is 5.32 Å². The lowest BCUT2D eigenvalue weighted by molar-refractivity contribution is 0.759. The van der Waals surface area contributed by atoms with E-state index in [2.05, 4.69) is 57.7 Å². The van der Waals surface area contributed by atoms with Gasteiger partial charge in [0.1, 0.15) is 5.82 Å². The Balaban J connectivity index is 2.16. The summed E-state index contributed by atoms with van der Waals surface area (Å²) in [6.45, 7) is 0.679. The second-order valence-corrected chi connectivity index (χ2v) is 4.42. The summed E-state index contributed by atoms with van der Waals surface area (Å²) in [5.74, 6) is 0.813. The standard InChI is InChI=1S/C16H15N3/c1-17-11-16-18-10-9-15(19-16)14-8-4-6-12-5-2-3-7-13(12)14/h2-10,17H,11H2,1H3. The summed E-state index contributed by atoms with van der Waals surface area (Å²) in [6.07, 6.45) is 1.82. The smallest absolute Gasteiger partial charge is 0.142 e. The minimum absolute atomic E-state index is 0.679. The third-order valence-electron chi connectivity index (χ3n) is 3.11. The average molecular weight is 249 g/mol. The number of nitrogens with zero attached hydrogens (tertiary/aromatic N) is 2. The van der Waals surface area contributed by atoms with Crippen LogP contribution in [0.15, 0.2) is 54.7 Å². The summed E-state index contributed by atoms with van der Waals surface area (Å²) in [5, 5.41) is 5.53. The van der Waals surface area contributed by atoms with E-state index in [1.807, 2.05) is 19.3 Å². The summed E-state index contributed by atoms with van der Waals surface area (Å²) < 4.78 is 0. The van der Waals surface area contributed by atoms with Gasteiger partial charge in [0.15, 0.2) is 0 Å². The Hall–Kier alpha value is -2.26. The van der Waals surface area contributed by atoms with E-state index in [-0.39, 0.29) is 0 Å². The Kier molecular flexibility index (Phi) is 3.21. The summed E-state index contributed by atoms with van der Waals surface area (Å²) >= 11 is 0. The molecule has 3 nitrogen and oxygen atoms in total. The highest BCUT2D eigenvalue weighted by molar-refractivity contribution is 5.95. The molecular weight excluding hydrogens is 234 g/mol. The zero-order valence-electron chi connectivity index (χ0n) is 10.8. The van der Waals surface area contributed by atoms with Crippen molar-refractivity contribution in [2.45, 2.75) is 6.54 Å². The van der Waals surface area contributed by atoms with Gasteiger partial charge < -0.3 is 5.32 Å². The molecule has 0 unspecified atom stereocenters. The molecule has 0 aliphatic carbocycles. The highest BCUT2D eigenvalue weighted by atomic mass is 14.9. The van der Waals surface area contributed by atoms with Crippen LogP contribution in [0.2, 0.25) is 0 Å². The van der Waals surface area contributed by atoms with E-state index in [9.17, 15) is 0 Å². The van der Waals surface area contributed by atoms with Gasteiger partial charge in [-0.1, -0.05) is 42.5 Å². The first kappa shape index (κ1) is 11.8. The molecule has 3 rings (SSSR count). The van der Waals surface area contributed by atoms with Gasteiger partial charge >= 0.3 is 0 Å². The highest BCUT2D eigenvalue weighted by Gasteiger charge is 2.05. The zero-order valence-corrected chi connectivity index (χ0v) is 10.8. The topological polar surface area (TPSA) is 37.8 Å². The van der Waals surface area contributed by atoms with Crippen molar-refractivity contribution >= 4 is 10.8 Å². The molecule has 0 bridgehead atoms. The minimum Gasteiger partial charge on any atom is -0.313 e. The fraction of sp³-hybridized carbons (Fsp3) is 0.125. The lowest BCUT2D eigenvalue weighted by Gasteiger charge is -2.07. The second kappa shape index (κ2) is 5.16. The summed E-state index contributed by atoms with van der Waals surface area (Å²) in [6, 6.07) is 16.6. The van der Waals surface area contributed by atoms with E-state index < -0.39 is 0 Å². The summed E-state index contributed by atoms with van der Waals surface area (Å²) in [5.41, 5.74) is 2.12. The van der Waals surface area contributed by atoms with E-state index in [1.54, 1.807) is 0 Å². The maximum Gasteiger partial charge on any atom is 0.142 e. The van der Waals surface area contributed by atoms with Crippen molar-refractivity contribution in [2.75, 3.05) is 7.05 Å². The molecule has 0 saturated heterocycles. The molecule has 3 aromatic rings. The molecule has 0 aliphatic rings. The number of aromatic nitrogens is 2. The van der Waals surface area contributed by atoms with E-state index >= 15 is 0 Å². The predicted molar refractivity (Wildman–Crippen MR) is 77.7 cm³/mol. The summed E-state index contributed by atoms with van der Waals surface area (Å²) in [4.78, 5) is 8.87. The van der Waals surface area contributed by atoms with Crippen molar-refractivity contribution in [3.8, 4) is 11.3 Å². The van der Waals surface area contributed by atoms with Crippen molar-refractivity contribution in [2.24, 2.45) is 0 Å². The number of benzene rings is 2. The van der Waals surface area contributed by atoms with E-state index in [0.717, 1.165) is 17.1 Å². The molecule has 0 amide bonds. The number of nitrogens with one attached hydrogen (secondary N) is 1. The van der Waals surface area contributed by atoms with Crippen molar-refractivity contribution in [3.63, 3.8) is 0 Å². The maximum atomic E-state index is 4.61. The molecule has 1 N–H and O–H groups in total. The highest BCUT2D eigenvalue weighted by Crippen LogP contribution is 2.26. The molecular formula is C16H15N3. The molecule has 1 heterocycles. The van der Waals surface area contributed by atoms with Crippen molar-refractivity contribution in [1.29, 1.82) is 0 Å². The number of fused-ring (bicyclic) bond motifs is 1. The number of hydrogen-bond acceptors (Lipinski definition) is 3. The van der Waals surface area contributed by atoms with Crippen molar-refractivity contribution in [3.05, 3.63) is 60.6 Å². The van der Waals surface area contributed by atoms with Gasteiger partial charge in [-0.3, -0.25) is 0 Å². The fourth-order valence-corrected chi connectivity index (χ4v) is 2.24. The molecule has 3 heteroatoms. The van der Waals surface area contributed by atoms with Crippen LogP contribution in [0.25, 0.3) is 22.0 Å². The lowest BCUT2D eigenvalue weighted by atomic mass is 10.0. The quantitative estimate of drug-likeness (QED) is 0.775. The van der Waals surface area contributed by atoms with Gasteiger partial charge in [0.05, 0.1) is 12.2 Å². The van der Waals surface area contributed by atoms with Crippen LogP contribution in [0.4, 0.5) is 0 Å². The molecule has 1 aromatic heterocycles. The first-order chi connectivity index (χ1) is 9.38. The van der Waals surface area contributed by atoms with Crippen LogP contribution in [0.1, 0.15) is 5.82 Å². The number of rotatable bonds is 3. The van der Waals surface area contributed by atoms with E-state index in [1.165, 1.54) is 10.8 Å². The number of hydrogen-bond donors (Lipinski definition) is 1. The van der Waals surface area contributed by atoms with E-state index in [4.69, 9.17) is 0 Å². The molecule has 0 spiro atoms. The van der Waals surface area contributed by atoms with Crippen LogP contribution >= 0.6 is 0 Å². The Labute approximate surface area is 112 Å². The fourth-order valence-electron chi connectivity index (χ4n) is 2.24. The zero-order chi connectivity index (χ0) is 13.1. The second-order valence-electron chi connectivity index (χ2n) is 4.42. The van der Waals surface area contributed by atoms with Crippen LogP contribution in [-0.4, -0.2) is 17.0 Å². The largest absolute Gasteiger partial charge is 0.313 e. The summed E-state index contributed by atoms with van der Waals surface area (Å²) in [7, 11) is 1.90. The van der Waals surface area contributed by atoms with Crippen LogP contribution in [-0.2, 0) is 6.54 Å². The molecule has 0 atom stereocenters. The van der Waals surface area contributed by atoms with Crippen LogP contribution in [0, 0.1) is 0 Å². The monoisotopic (exact) mass is 249 g/mol. The van der Waals surface area contributed by atoms with Gasteiger partial charge in [-0.15, -0.1) is 0 Å². The Morgan fingerprint density at radius 3 is 2.74 bits per heavy atom. The molecule has 2 aromatic carbocycles. The first-order valence-electron chi connectivity index (χ1n) is 6.33. The van der Waals surface area contributed by atoms with Gasteiger partial charge in [-0.25, -0.2) is 9.97 Å². The molecule has 0 aliphatic heterocycles. The van der Waals surface area contributed by atoms with Gasteiger partial charge in [-0.05, 0) is 23.9 Å². The molecule has 94 valence electrons. The van der Waals surface area contributed by atoms with E-state index in [0.29, 0.717) is 6.54 Å². The SMILES string of the molecule is CNCc1nccc(-c2cccc3ccccc23)n1. The van der Waals surface area contributed by atoms with Crippen molar-refractivity contribution < 1.29 is 0 Å². The Morgan fingerprint density at radius 2 is 1.84 bits per heavy atom. The molecule has 0 saturated carbocycles. The van der Waals surface area contributed by atoms with Crippen molar-refractivity contribution in [1.82, 2.24) is 15.3 Å². The van der Waals surface area contributed by atoms with Crippen LogP contribution in [0.5, 0.6) is 0 Å². The Morgan fingerprint density at radius 1 is 1.00 bits per heavy atom. The normalized spacial score (nSPS) is 10.8.